The first-order valence-electron chi connectivity index (χ1n) is 9.52. The second kappa shape index (κ2) is 13.2. The Morgan fingerprint density at radius 1 is 1.11 bits per heavy atom. The Hall–Kier alpha value is -2.02. The molecule has 0 unspecified atom stereocenters. The minimum absolute atomic E-state index is 0.0409. The molecule has 0 heterocycles. The second-order valence-corrected chi connectivity index (χ2v) is 6.49. The van der Waals surface area contributed by atoms with Crippen LogP contribution in [0.15, 0.2) is 18.2 Å². The van der Waals surface area contributed by atoms with Crippen LogP contribution in [0, 0.1) is 0 Å². The van der Waals surface area contributed by atoms with Crippen LogP contribution in [-0.2, 0) is 9.53 Å². The Morgan fingerprint density at radius 3 is 2.48 bits per heavy atom. The molecule has 152 valence electrons. The molecule has 6 nitrogen and oxygen atoms in total. The van der Waals surface area contributed by atoms with E-state index < -0.39 is 0 Å². The number of carbonyl (C=O) groups is 1. The number of ether oxygens (including phenoxy) is 3. The predicted octanol–water partition coefficient (Wildman–Crippen LogP) is 3.74. The average Bonchev–Trinajstić information content (AvgIpc) is 2.65. The number of unbranched alkanes of at least 4 members (excludes halogenated alkanes) is 2. The molecule has 7 heteroatoms. The fourth-order valence-electron chi connectivity index (χ4n) is 2.54. The molecule has 0 bridgehead atoms. The van der Waals surface area contributed by atoms with E-state index in [0.29, 0.717) is 24.7 Å². The summed E-state index contributed by atoms with van der Waals surface area (Å²) < 4.78 is 15.9. The van der Waals surface area contributed by atoms with Crippen molar-refractivity contribution in [1.29, 1.82) is 0 Å². The van der Waals surface area contributed by atoms with E-state index in [9.17, 15) is 4.79 Å². The number of esters is 1. The topological polar surface area (TPSA) is 68.8 Å². The van der Waals surface area contributed by atoms with Crippen molar-refractivity contribution in [1.82, 2.24) is 10.6 Å². The lowest BCUT2D eigenvalue weighted by atomic mass is 10.1. The summed E-state index contributed by atoms with van der Waals surface area (Å²) in [4.78, 5) is 11.0. The number of nitrogens with one attached hydrogen (secondary N) is 2. The summed E-state index contributed by atoms with van der Waals surface area (Å²) in [6.07, 6.45) is 3.20. The number of hydrogen-bond donors (Lipinski definition) is 2. The minimum Gasteiger partial charge on any atom is -0.490 e. The molecular formula is C20H32N2O4S. The zero-order chi connectivity index (χ0) is 20.1. The lowest BCUT2D eigenvalue weighted by Gasteiger charge is -2.19. The van der Waals surface area contributed by atoms with Crippen LogP contribution in [0.4, 0.5) is 0 Å². The third-order valence-electron chi connectivity index (χ3n) is 3.99. The van der Waals surface area contributed by atoms with Crippen LogP contribution in [-0.4, -0.2) is 38.0 Å². The molecule has 1 aromatic rings. The molecule has 0 aliphatic rings. The van der Waals surface area contributed by atoms with E-state index in [-0.39, 0.29) is 12.0 Å². The van der Waals surface area contributed by atoms with E-state index in [1.54, 1.807) is 0 Å². The van der Waals surface area contributed by atoms with Gasteiger partial charge in [-0.3, -0.25) is 4.79 Å². The maximum Gasteiger partial charge on any atom is 0.305 e. The van der Waals surface area contributed by atoms with Gasteiger partial charge in [-0.15, -0.1) is 0 Å². The monoisotopic (exact) mass is 396 g/mol. The highest BCUT2D eigenvalue weighted by Gasteiger charge is 2.12. The first-order valence-corrected chi connectivity index (χ1v) is 9.93. The fraction of sp³-hybridized carbons (Fsp3) is 0.600. The SMILES string of the molecule is CCOc1ccc([C@H](C)NC(=S)NCCCCCC(=O)OC)cc1OCC. The number of benzene rings is 1. The standard InChI is InChI=1S/C20H32N2O4S/c1-5-25-17-12-11-16(14-18(17)26-6-2)15(3)22-20(27)21-13-9-7-8-10-19(23)24-4/h11-12,14-15H,5-10,13H2,1-4H3,(H2,21,22,27)/t15-/m0/s1. The third-order valence-corrected chi connectivity index (χ3v) is 4.25. The maximum absolute atomic E-state index is 11.0. The molecule has 1 atom stereocenters. The smallest absolute Gasteiger partial charge is 0.305 e. The summed E-state index contributed by atoms with van der Waals surface area (Å²) >= 11 is 5.37. The van der Waals surface area contributed by atoms with Crippen LogP contribution < -0.4 is 20.1 Å². The van der Waals surface area contributed by atoms with Crippen LogP contribution in [0.25, 0.3) is 0 Å². The zero-order valence-corrected chi connectivity index (χ0v) is 17.6. The molecule has 0 radical (unpaired) electrons. The Labute approximate surface area is 168 Å². The summed E-state index contributed by atoms with van der Waals surface area (Å²) in [7, 11) is 1.41. The van der Waals surface area contributed by atoms with Gasteiger partial charge in [-0.1, -0.05) is 12.5 Å². The molecule has 0 amide bonds. The second-order valence-electron chi connectivity index (χ2n) is 6.08. The predicted molar refractivity (Wildman–Crippen MR) is 111 cm³/mol. The number of carbonyl (C=O) groups excluding carboxylic acids is 1. The average molecular weight is 397 g/mol. The lowest BCUT2D eigenvalue weighted by molar-refractivity contribution is -0.140. The molecule has 0 saturated carbocycles. The highest BCUT2D eigenvalue weighted by molar-refractivity contribution is 7.80. The molecule has 0 saturated heterocycles. The van der Waals surface area contributed by atoms with Gasteiger partial charge in [0, 0.05) is 13.0 Å². The summed E-state index contributed by atoms with van der Waals surface area (Å²) in [5, 5.41) is 7.10. The van der Waals surface area contributed by atoms with E-state index in [1.165, 1.54) is 7.11 Å². The molecule has 0 aliphatic carbocycles. The van der Waals surface area contributed by atoms with Crippen LogP contribution in [0.1, 0.15) is 58.1 Å². The van der Waals surface area contributed by atoms with Crippen LogP contribution in [0.2, 0.25) is 0 Å². The van der Waals surface area contributed by atoms with Crippen molar-refractivity contribution in [2.75, 3.05) is 26.9 Å². The Kier molecular flexibility index (Phi) is 11.2. The van der Waals surface area contributed by atoms with Gasteiger partial charge in [0.25, 0.3) is 0 Å². The summed E-state index contributed by atoms with van der Waals surface area (Å²) in [5.41, 5.74) is 1.07. The van der Waals surface area contributed by atoms with Crippen LogP contribution >= 0.6 is 12.2 Å². The van der Waals surface area contributed by atoms with Gasteiger partial charge in [0.1, 0.15) is 0 Å². The van der Waals surface area contributed by atoms with Crippen molar-refractivity contribution in [2.45, 2.75) is 52.5 Å². The number of methoxy groups -OCH3 is 1. The van der Waals surface area contributed by atoms with Crippen molar-refractivity contribution in [3.63, 3.8) is 0 Å². The van der Waals surface area contributed by atoms with Crippen molar-refractivity contribution in [3.8, 4) is 11.5 Å². The van der Waals surface area contributed by atoms with Crippen molar-refractivity contribution < 1.29 is 19.0 Å². The van der Waals surface area contributed by atoms with Gasteiger partial charge in [-0.25, -0.2) is 0 Å². The molecule has 0 aromatic heterocycles. The number of rotatable bonds is 12. The highest BCUT2D eigenvalue weighted by Crippen LogP contribution is 2.30. The molecule has 1 rings (SSSR count). The van der Waals surface area contributed by atoms with E-state index >= 15 is 0 Å². The molecule has 0 spiro atoms. The normalized spacial score (nSPS) is 11.4. The minimum atomic E-state index is -0.157. The molecule has 2 N–H and O–H groups in total. The zero-order valence-electron chi connectivity index (χ0n) is 16.8. The molecule has 0 fully saturated rings. The van der Waals surface area contributed by atoms with E-state index in [2.05, 4.69) is 22.3 Å². The summed E-state index contributed by atoms with van der Waals surface area (Å²) in [5.74, 6) is 1.34. The quantitative estimate of drug-likeness (QED) is 0.317. The molecular weight excluding hydrogens is 364 g/mol. The van der Waals surface area contributed by atoms with Gasteiger partial charge in [-0.2, -0.15) is 0 Å². The van der Waals surface area contributed by atoms with Crippen molar-refractivity contribution in [3.05, 3.63) is 23.8 Å². The van der Waals surface area contributed by atoms with Gasteiger partial charge in [0.2, 0.25) is 0 Å². The van der Waals surface area contributed by atoms with E-state index in [4.69, 9.17) is 21.7 Å². The summed E-state index contributed by atoms with van der Waals surface area (Å²) in [6, 6.07) is 5.97. The van der Waals surface area contributed by atoms with Crippen molar-refractivity contribution in [2.24, 2.45) is 0 Å². The maximum atomic E-state index is 11.0. The molecule has 27 heavy (non-hydrogen) atoms. The molecule has 1 aromatic carbocycles. The van der Waals surface area contributed by atoms with Gasteiger partial charge in [0.05, 0.1) is 26.4 Å². The van der Waals surface area contributed by atoms with Gasteiger partial charge in [0.15, 0.2) is 16.6 Å². The number of hydrogen-bond acceptors (Lipinski definition) is 5. The van der Waals surface area contributed by atoms with Gasteiger partial charge < -0.3 is 24.8 Å². The van der Waals surface area contributed by atoms with E-state index in [0.717, 1.165) is 42.9 Å². The summed E-state index contributed by atoms with van der Waals surface area (Å²) in [6.45, 7) is 7.91. The largest absolute Gasteiger partial charge is 0.490 e. The fourth-order valence-corrected chi connectivity index (χ4v) is 2.82. The Balaban J connectivity index is 2.41. The number of thiocarbonyl (C=S) groups is 1. The highest BCUT2D eigenvalue weighted by atomic mass is 32.1. The first-order chi connectivity index (χ1) is 13.0. The van der Waals surface area contributed by atoms with Gasteiger partial charge >= 0.3 is 5.97 Å². The third kappa shape index (κ3) is 8.95. The lowest BCUT2D eigenvalue weighted by Crippen LogP contribution is -2.37. The Bertz CT molecular complexity index is 595. The first kappa shape index (κ1) is 23.0. The van der Waals surface area contributed by atoms with Gasteiger partial charge in [-0.05, 0) is 63.5 Å². The van der Waals surface area contributed by atoms with Crippen molar-refractivity contribution >= 4 is 23.3 Å². The van der Waals surface area contributed by atoms with Crippen LogP contribution in [0.5, 0.6) is 11.5 Å². The van der Waals surface area contributed by atoms with E-state index in [1.807, 2.05) is 32.0 Å². The van der Waals surface area contributed by atoms with Crippen LogP contribution in [0.3, 0.4) is 0 Å². The Morgan fingerprint density at radius 2 is 1.81 bits per heavy atom. The molecule has 0 aliphatic heterocycles.